The summed E-state index contributed by atoms with van der Waals surface area (Å²) >= 11 is 0. The van der Waals surface area contributed by atoms with E-state index in [1.54, 1.807) is 0 Å². The van der Waals surface area contributed by atoms with Crippen LogP contribution < -0.4 is 0 Å². The predicted molar refractivity (Wildman–Crippen MR) is 74.9 cm³/mol. The molecule has 0 N–H and O–H groups in total. The van der Waals surface area contributed by atoms with Crippen LogP contribution in [0.25, 0.3) is 0 Å². The standard InChI is InChI=1S/C12H25N.C3H8/c1-5-12(2,3)8-9-13(4)10-11-6-7-11;1-3-2/h11H,5-10H2,1-4H3;3H2,1-2H3. The van der Waals surface area contributed by atoms with E-state index in [9.17, 15) is 0 Å². The number of rotatable bonds is 6. The molecule has 0 bridgehead atoms. The molecule has 0 unspecified atom stereocenters. The molecule has 0 heterocycles. The molecule has 1 rings (SSSR count). The van der Waals surface area contributed by atoms with Gasteiger partial charge in [0.1, 0.15) is 0 Å². The van der Waals surface area contributed by atoms with Gasteiger partial charge in [0.25, 0.3) is 0 Å². The quantitative estimate of drug-likeness (QED) is 0.642. The van der Waals surface area contributed by atoms with Gasteiger partial charge < -0.3 is 4.90 Å². The van der Waals surface area contributed by atoms with Gasteiger partial charge in [0, 0.05) is 6.54 Å². The average molecular weight is 227 g/mol. The smallest absolute Gasteiger partial charge is 0.000661 e. The van der Waals surface area contributed by atoms with Gasteiger partial charge in [-0.2, -0.15) is 0 Å². The summed E-state index contributed by atoms with van der Waals surface area (Å²) in [6.07, 6.45) is 6.83. The molecular formula is C15H33N. The summed E-state index contributed by atoms with van der Waals surface area (Å²) in [6, 6.07) is 0. The zero-order valence-corrected chi connectivity index (χ0v) is 12.5. The Hall–Kier alpha value is -0.0400. The van der Waals surface area contributed by atoms with Crippen LogP contribution in [0, 0.1) is 11.3 Å². The molecule has 98 valence electrons. The van der Waals surface area contributed by atoms with Gasteiger partial charge >= 0.3 is 0 Å². The van der Waals surface area contributed by atoms with Gasteiger partial charge in [0.2, 0.25) is 0 Å². The van der Waals surface area contributed by atoms with Crippen LogP contribution in [-0.4, -0.2) is 25.0 Å². The SMILES string of the molecule is CCC.CCC(C)(C)CCN(C)CC1CC1. The highest BCUT2D eigenvalue weighted by atomic mass is 15.1. The van der Waals surface area contributed by atoms with Crippen molar-refractivity contribution in [3.05, 3.63) is 0 Å². The summed E-state index contributed by atoms with van der Waals surface area (Å²) < 4.78 is 0. The van der Waals surface area contributed by atoms with E-state index in [1.165, 1.54) is 45.2 Å². The van der Waals surface area contributed by atoms with Gasteiger partial charge in [-0.15, -0.1) is 0 Å². The summed E-state index contributed by atoms with van der Waals surface area (Å²) in [4.78, 5) is 2.51. The van der Waals surface area contributed by atoms with Crippen molar-refractivity contribution in [1.82, 2.24) is 4.90 Å². The lowest BCUT2D eigenvalue weighted by Crippen LogP contribution is -2.26. The van der Waals surface area contributed by atoms with E-state index in [4.69, 9.17) is 0 Å². The number of nitrogens with zero attached hydrogens (tertiary/aromatic N) is 1. The van der Waals surface area contributed by atoms with Crippen molar-refractivity contribution in [3.63, 3.8) is 0 Å². The molecule has 0 aromatic rings. The van der Waals surface area contributed by atoms with E-state index in [0.29, 0.717) is 5.41 Å². The maximum absolute atomic E-state index is 2.51. The summed E-state index contributed by atoms with van der Waals surface area (Å²) in [6.45, 7) is 13.9. The fourth-order valence-corrected chi connectivity index (χ4v) is 1.50. The minimum Gasteiger partial charge on any atom is -0.306 e. The molecule has 1 heteroatoms. The van der Waals surface area contributed by atoms with E-state index in [1.807, 2.05) is 0 Å². The van der Waals surface area contributed by atoms with Gasteiger partial charge in [0.05, 0.1) is 0 Å². The fourth-order valence-electron chi connectivity index (χ4n) is 1.50. The lowest BCUT2D eigenvalue weighted by molar-refractivity contribution is 0.237. The minimum atomic E-state index is 0.539. The Bertz CT molecular complexity index is 159. The van der Waals surface area contributed by atoms with Crippen molar-refractivity contribution in [2.24, 2.45) is 11.3 Å². The first-order valence-electron chi connectivity index (χ1n) is 7.13. The molecule has 0 aromatic carbocycles. The molecule has 0 atom stereocenters. The summed E-state index contributed by atoms with van der Waals surface area (Å²) in [5.41, 5.74) is 0.539. The van der Waals surface area contributed by atoms with Crippen LogP contribution in [0.1, 0.15) is 66.7 Å². The molecule has 0 radical (unpaired) electrons. The normalized spacial score (nSPS) is 15.9. The number of hydrogen-bond donors (Lipinski definition) is 0. The van der Waals surface area contributed by atoms with Crippen LogP contribution in [0.15, 0.2) is 0 Å². The Morgan fingerprint density at radius 2 is 1.62 bits per heavy atom. The highest BCUT2D eigenvalue weighted by Gasteiger charge is 2.23. The summed E-state index contributed by atoms with van der Waals surface area (Å²) in [7, 11) is 2.27. The maximum Gasteiger partial charge on any atom is 0.000661 e. The summed E-state index contributed by atoms with van der Waals surface area (Å²) in [5, 5.41) is 0. The zero-order chi connectivity index (χ0) is 12.6. The van der Waals surface area contributed by atoms with Crippen molar-refractivity contribution >= 4 is 0 Å². The van der Waals surface area contributed by atoms with Gasteiger partial charge in [-0.3, -0.25) is 0 Å². The van der Waals surface area contributed by atoms with Gasteiger partial charge in [-0.05, 0) is 44.2 Å². The Labute approximate surface area is 104 Å². The Morgan fingerprint density at radius 3 is 2.00 bits per heavy atom. The van der Waals surface area contributed by atoms with Crippen LogP contribution in [0.3, 0.4) is 0 Å². The van der Waals surface area contributed by atoms with Crippen molar-refractivity contribution in [1.29, 1.82) is 0 Å². The first-order chi connectivity index (χ1) is 7.45. The van der Waals surface area contributed by atoms with Crippen molar-refractivity contribution in [2.75, 3.05) is 20.1 Å². The summed E-state index contributed by atoms with van der Waals surface area (Å²) in [5.74, 6) is 1.04. The first-order valence-corrected chi connectivity index (χ1v) is 7.13. The largest absolute Gasteiger partial charge is 0.306 e. The average Bonchev–Trinajstić information content (AvgIpc) is 3.00. The van der Waals surface area contributed by atoms with Crippen LogP contribution in [0.5, 0.6) is 0 Å². The minimum absolute atomic E-state index is 0.539. The van der Waals surface area contributed by atoms with Crippen LogP contribution in [-0.2, 0) is 0 Å². The molecule has 0 saturated heterocycles. The van der Waals surface area contributed by atoms with E-state index in [2.05, 4.69) is 46.6 Å². The van der Waals surface area contributed by atoms with Crippen molar-refractivity contribution in [3.8, 4) is 0 Å². The molecule has 1 aliphatic carbocycles. The predicted octanol–water partition coefficient (Wildman–Crippen LogP) is 4.57. The fraction of sp³-hybridized carbons (Fsp3) is 1.00. The van der Waals surface area contributed by atoms with E-state index < -0.39 is 0 Å². The van der Waals surface area contributed by atoms with Gasteiger partial charge in [-0.25, -0.2) is 0 Å². The molecule has 0 aromatic heterocycles. The topological polar surface area (TPSA) is 3.24 Å². The Morgan fingerprint density at radius 1 is 1.12 bits per heavy atom. The second kappa shape index (κ2) is 8.11. The molecule has 16 heavy (non-hydrogen) atoms. The monoisotopic (exact) mass is 227 g/mol. The third-order valence-corrected chi connectivity index (χ3v) is 3.39. The lowest BCUT2D eigenvalue weighted by Gasteiger charge is -2.26. The van der Waals surface area contributed by atoms with Crippen LogP contribution in [0.2, 0.25) is 0 Å². The second-order valence-corrected chi connectivity index (χ2v) is 6.18. The molecule has 1 aliphatic rings. The van der Waals surface area contributed by atoms with E-state index in [-0.39, 0.29) is 0 Å². The maximum atomic E-state index is 2.51. The molecule has 1 fully saturated rings. The second-order valence-electron chi connectivity index (χ2n) is 6.18. The van der Waals surface area contributed by atoms with Crippen LogP contribution in [0.4, 0.5) is 0 Å². The van der Waals surface area contributed by atoms with Gasteiger partial charge in [0.15, 0.2) is 0 Å². The third-order valence-electron chi connectivity index (χ3n) is 3.39. The van der Waals surface area contributed by atoms with Crippen molar-refractivity contribution in [2.45, 2.75) is 66.7 Å². The molecule has 1 nitrogen and oxygen atoms in total. The molecule has 0 aliphatic heterocycles. The van der Waals surface area contributed by atoms with Gasteiger partial charge in [-0.1, -0.05) is 47.5 Å². The molecule has 1 saturated carbocycles. The molecular weight excluding hydrogens is 194 g/mol. The van der Waals surface area contributed by atoms with Crippen LogP contribution >= 0.6 is 0 Å². The first kappa shape index (κ1) is 16.0. The number of hydrogen-bond acceptors (Lipinski definition) is 1. The Kier molecular flexibility index (Phi) is 8.09. The van der Waals surface area contributed by atoms with E-state index >= 15 is 0 Å². The highest BCUT2D eigenvalue weighted by molar-refractivity contribution is 4.77. The third kappa shape index (κ3) is 9.21. The molecule has 0 spiro atoms. The van der Waals surface area contributed by atoms with Crippen molar-refractivity contribution < 1.29 is 0 Å². The zero-order valence-electron chi connectivity index (χ0n) is 12.5. The highest BCUT2D eigenvalue weighted by Crippen LogP contribution is 2.30. The molecule has 0 amide bonds. The Balaban J connectivity index is 0.000000673. The van der Waals surface area contributed by atoms with E-state index in [0.717, 1.165) is 5.92 Å². The lowest BCUT2D eigenvalue weighted by atomic mass is 9.86.